The molecule has 0 aliphatic carbocycles. The van der Waals surface area contributed by atoms with Crippen molar-refractivity contribution in [3.8, 4) is 0 Å². The van der Waals surface area contributed by atoms with E-state index in [0.717, 1.165) is 13.0 Å². The highest BCUT2D eigenvalue weighted by molar-refractivity contribution is 5.07. The quantitative estimate of drug-likeness (QED) is 0.543. The second-order valence-electron chi connectivity index (χ2n) is 3.16. The summed E-state index contributed by atoms with van der Waals surface area (Å²) in [6, 6.07) is 0. The fourth-order valence-electron chi connectivity index (χ4n) is 1.30. The molecule has 0 saturated carbocycles. The summed E-state index contributed by atoms with van der Waals surface area (Å²) in [6.07, 6.45) is 3.40. The van der Waals surface area contributed by atoms with Crippen molar-refractivity contribution in [2.75, 3.05) is 6.54 Å². The van der Waals surface area contributed by atoms with Crippen LogP contribution in [0.25, 0.3) is 0 Å². The molecule has 10 heavy (non-hydrogen) atoms. The van der Waals surface area contributed by atoms with Crippen LogP contribution in [-0.4, -0.2) is 17.2 Å². The van der Waals surface area contributed by atoms with Crippen LogP contribution in [0.5, 0.6) is 0 Å². The summed E-state index contributed by atoms with van der Waals surface area (Å²) in [7, 11) is 0. The maximum absolute atomic E-state index is 9.18. The Morgan fingerprint density at radius 1 is 1.60 bits per heavy atom. The standard InChI is InChI=1S/C8H15NO/c1-7(10)8(2)5-3-4-6-9-8/h9-10H,1,3-6H2,2H3. The third-order valence-corrected chi connectivity index (χ3v) is 2.26. The zero-order chi connectivity index (χ0) is 7.61. The van der Waals surface area contributed by atoms with Gasteiger partial charge < -0.3 is 10.4 Å². The molecule has 2 nitrogen and oxygen atoms in total. The summed E-state index contributed by atoms with van der Waals surface area (Å²) >= 11 is 0. The van der Waals surface area contributed by atoms with E-state index in [0.29, 0.717) is 0 Å². The smallest absolute Gasteiger partial charge is 0.105 e. The number of hydrogen-bond acceptors (Lipinski definition) is 2. The molecular formula is C8H15NO. The van der Waals surface area contributed by atoms with Crippen LogP contribution in [-0.2, 0) is 0 Å². The summed E-state index contributed by atoms with van der Waals surface area (Å²) in [5.74, 6) is 0.271. The number of nitrogens with one attached hydrogen (secondary N) is 1. The maximum atomic E-state index is 9.18. The van der Waals surface area contributed by atoms with Crippen LogP contribution in [0.3, 0.4) is 0 Å². The average Bonchev–Trinajstić information content (AvgIpc) is 1.89. The maximum Gasteiger partial charge on any atom is 0.105 e. The third kappa shape index (κ3) is 1.32. The molecule has 1 fully saturated rings. The first-order valence-corrected chi connectivity index (χ1v) is 3.78. The van der Waals surface area contributed by atoms with E-state index >= 15 is 0 Å². The highest BCUT2D eigenvalue weighted by Crippen LogP contribution is 2.23. The number of rotatable bonds is 1. The molecule has 1 aliphatic heterocycles. The third-order valence-electron chi connectivity index (χ3n) is 2.26. The van der Waals surface area contributed by atoms with E-state index in [1.165, 1.54) is 12.8 Å². The number of piperidine rings is 1. The van der Waals surface area contributed by atoms with E-state index in [-0.39, 0.29) is 11.3 Å². The van der Waals surface area contributed by atoms with Crippen molar-refractivity contribution in [3.63, 3.8) is 0 Å². The van der Waals surface area contributed by atoms with Gasteiger partial charge in [0.15, 0.2) is 0 Å². The summed E-state index contributed by atoms with van der Waals surface area (Å²) in [4.78, 5) is 0. The van der Waals surface area contributed by atoms with Gasteiger partial charge in [0.05, 0.1) is 5.54 Å². The van der Waals surface area contributed by atoms with Crippen molar-refractivity contribution < 1.29 is 5.11 Å². The first-order chi connectivity index (χ1) is 4.65. The Balaban J connectivity index is 2.56. The minimum Gasteiger partial charge on any atom is -0.511 e. The molecule has 0 aromatic carbocycles. The zero-order valence-corrected chi connectivity index (χ0v) is 6.48. The lowest BCUT2D eigenvalue weighted by atomic mass is 9.90. The summed E-state index contributed by atoms with van der Waals surface area (Å²) < 4.78 is 0. The molecule has 1 saturated heterocycles. The number of hydrogen-bond donors (Lipinski definition) is 2. The fourth-order valence-corrected chi connectivity index (χ4v) is 1.30. The van der Waals surface area contributed by atoms with E-state index < -0.39 is 0 Å². The van der Waals surface area contributed by atoms with Crippen molar-refractivity contribution in [3.05, 3.63) is 12.3 Å². The molecule has 2 heteroatoms. The Morgan fingerprint density at radius 3 is 2.60 bits per heavy atom. The van der Waals surface area contributed by atoms with Gasteiger partial charge in [-0.15, -0.1) is 0 Å². The van der Waals surface area contributed by atoms with Gasteiger partial charge in [-0.1, -0.05) is 6.58 Å². The van der Waals surface area contributed by atoms with E-state index in [9.17, 15) is 5.11 Å². The first kappa shape index (κ1) is 7.61. The normalized spacial score (nSPS) is 33.7. The van der Waals surface area contributed by atoms with Crippen LogP contribution in [0.2, 0.25) is 0 Å². The second-order valence-corrected chi connectivity index (χ2v) is 3.16. The van der Waals surface area contributed by atoms with Crippen LogP contribution < -0.4 is 5.32 Å². The predicted octanol–water partition coefficient (Wildman–Crippen LogP) is 1.59. The Labute approximate surface area is 61.9 Å². The molecule has 0 amide bonds. The molecule has 1 heterocycles. The minimum atomic E-state index is -0.210. The molecule has 0 bridgehead atoms. The van der Waals surface area contributed by atoms with Crippen molar-refractivity contribution in [2.45, 2.75) is 31.7 Å². The van der Waals surface area contributed by atoms with Gasteiger partial charge in [0, 0.05) is 0 Å². The van der Waals surface area contributed by atoms with E-state index in [1.54, 1.807) is 0 Å². The van der Waals surface area contributed by atoms with Gasteiger partial charge in [-0.3, -0.25) is 0 Å². The first-order valence-electron chi connectivity index (χ1n) is 3.78. The topological polar surface area (TPSA) is 32.3 Å². The second kappa shape index (κ2) is 2.62. The molecule has 58 valence electrons. The van der Waals surface area contributed by atoms with E-state index in [4.69, 9.17) is 0 Å². The van der Waals surface area contributed by atoms with Crippen molar-refractivity contribution in [1.82, 2.24) is 5.32 Å². The number of aliphatic hydroxyl groups is 1. The summed E-state index contributed by atoms with van der Waals surface area (Å²) in [5, 5.41) is 12.4. The fraction of sp³-hybridized carbons (Fsp3) is 0.750. The Morgan fingerprint density at radius 2 is 2.30 bits per heavy atom. The zero-order valence-electron chi connectivity index (χ0n) is 6.48. The molecule has 0 aromatic heterocycles. The van der Waals surface area contributed by atoms with E-state index in [2.05, 4.69) is 11.9 Å². The van der Waals surface area contributed by atoms with Crippen LogP contribution >= 0.6 is 0 Å². The minimum absolute atomic E-state index is 0.210. The van der Waals surface area contributed by atoms with Crippen LogP contribution in [0.15, 0.2) is 12.3 Å². The lowest BCUT2D eigenvalue weighted by Gasteiger charge is -2.33. The van der Waals surface area contributed by atoms with Gasteiger partial charge in [0.2, 0.25) is 0 Å². The van der Waals surface area contributed by atoms with Crippen LogP contribution in [0.1, 0.15) is 26.2 Å². The van der Waals surface area contributed by atoms with E-state index in [1.807, 2.05) is 6.92 Å². The van der Waals surface area contributed by atoms with Gasteiger partial charge in [0.25, 0.3) is 0 Å². The molecular weight excluding hydrogens is 126 g/mol. The molecule has 2 N–H and O–H groups in total. The summed E-state index contributed by atoms with van der Waals surface area (Å²) in [5.41, 5.74) is -0.210. The largest absolute Gasteiger partial charge is 0.511 e. The van der Waals surface area contributed by atoms with Crippen molar-refractivity contribution in [1.29, 1.82) is 0 Å². The Hall–Kier alpha value is -0.500. The lowest BCUT2D eigenvalue weighted by molar-refractivity contribution is 0.226. The number of aliphatic hydroxyl groups excluding tert-OH is 1. The molecule has 1 atom stereocenters. The van der Waals surface area contributed by atoms with Gasteiger partial charge in [-0.2, -0.15) is 0 Å². The molecule has 0 aromatic rings. The molecule has 0 spiro atoms. The Kier molecular flexibility index (Phi) is 2.00. The average molecular weight is 141 g/mol. The summed E-state index contributed by atoms with van der Waals surface area (Å²) in [6.45, 7) is 6.53. The lowest BCUT2D eigenvalue weighted by Crippen LogP contribution is -2.47. The molecule has 0 radical (unpaired) electrons. The highest BCUT2D eigenvalue weighted by atomic mass is 16.3. The molecule has 1 unspecified atom stereocenters. The van der Waals surface area contributed by atoms with Crippen molar-refractivity contribution >= 4 is 0 Å². The predicted molar refractivity (Wildman–Crippen MR) is 42.0 cm³/mol. The molecule has 1 rings (SSSR count). The van der Waals surface area contributed by atoms with Crippen molar-refractivity contribution in [2.24, 2.45) is 0 Å². The van der Waals surface area contributed by atoms with Crippen LogP contribution in [0.4, 0.5) is 0 Å². The highest BCUT2D eigenvalue weighted by Gasteiger charge is 2.28. The molecule has 1 aliphatic rings. The van der Waals surface area contributed by atoms with Gasteiger partial charge >= 0.3 is 0 Å². The SMILES string of the molecule is C=C(O)C1(C)CCCCN1. The van der Waals surface area contributed by atoms with Gasteiger partial charge in [0.1, 0.15) is 5.76 Å². The monoisotopic (exact) mass is 141 g/mol. The Bertz CT molecular complexity index is 136. The van der Waals surface area contributed by atoms with Crippen LogP contribution in [0, 0.1) is 0 Å². The van der Waals surface area contributed by atoms with Gasteiger partial charge in [-0.25, -0.2) is 0 Å². The van der Waals surface area contributed by atoms with Gasteiger partial charge in [-0.05, 0) is 32.7 Å².